The molecule has 1 aromatic heterocycles. The van der Waals surface area contributed by atoms with Crippen molar-refractivity contribution >= 4 is 11.0 Å². The molecule has 0 aliphatic carbocycles. The van der Waals surface area contributed by atoms with Crippen LogP contribution in [0.3, 0.4) is 0 Å². The summed E-state index contributed by atoms with van der Waals surface area (Å²) in [6, 6.07) is 10.5. The summed E-state index contributed by atoms with van der Waals surface area (Å²) in [5.41, 5.74) is 0.420. The van der Waals surface area contributed by atoms with Crippen LogP contribution >= 0.6 is 0 Å². The van der Waals surface area contributed by atoms with Crippen molar-refractivity contribution in [2.75, 3.05) is 7.11 Å². The second-order valence-corrected chi connectivity index (χ2v) is 4.54. The minimum absolute atomic E-state index is 0.0729. The second kappa shape index (κ2) is 4.86. The van der Waals surface area contributed by atoms with Gasteiger partial charge in [0.1, 0.15) is 34.0 Å². The molecule has 0 aliphatic rings. The summed E-state index contributed by atoms with van der Waals surface area (Å²) >= 11 is 0. The number of rotatable bonds is 2. The molecule has 2 N–H and O–H groups in total. The Kier molecular flexibility index (Phi) is 3.02. The Bertz CT molecular complexity index is 879. The van der Waals surface area contributed by atoms with Gasteiger partial charge in [-0.25, -0.2) is 0 Å². The van der Waals surface area contributed by atoms with E-state index in [0.717, 1.165) is 0 Å². The van der Waals surface area contributed by atoms with E-state index in [1.165, 1.54) is 37.4 Å². The van der Waals surface area contributed by atoms with Crippen molar-refractivity contribution in [2.45, 2.75) is 0 Å². The summed E-state index contributed by atoms with van der Waals surface area (Å²) in [7, 11) is 1.46. The Labute approximate surface area is 119 Å². The fourth-order valence-electron chi connectivity index (χ4n) is 2.16. The van der Waals surface area contributed by atoms with E-state index >= 15 is 0 Å². The zero-order chi connectivity index (χ0) is 15.0. The normalized spacial score (nSPS) is 10.7. The van der Waals surface area contributed by atoms with Gasteiger partial charge in [0.2, 0.25) is 0 Å². The molecule has 0 amide bonds. The number of fused-ring (bicyclic) bond motifs is 1. The van der Waals surface area contributed by atoms with Crippen LogP contribution < -0.4 is 10.2 Å². The van der Waals surface area contributed by atoms with Crippen LogP contribution in [0.2, 0.25) is 0 Å². The molecular formula is C16H12O5. The second-order valence-electron chi connectivity index (χ2n) is 4.54. The molecule has 106 valence electrons. The number of phenols is 2. The molecule has 0 saturated carbocycles. The van der Waals surface area contributed by atoms with Gasteiger partial charge in [-0.2, -0.15) is 0 Å². The first-order valence-corrected chi connectivity index (χ1v) is 6.23. The zero-order valence-electron chi connectivity index (χ0n) is 11.2. The number of phenolic OH excluding ortho intramolecular Hbond substituents is 2. The highest BCUT2D eigenvalue weighted by Gasteiger charge is 2.12. The Balaban J connectivity index is 2.30. The molecular weight excluding hydrogens is 272 g/mol. The molecule has 0 atom stereocenters. The van der Waals surface area contributed by atoms with Gasteiger partial charge in [0.25, 0.3) is 0 Å². The Morgan fingerprint density at radius 2 is 1.90 bits per heavy atom. The molecule has 0 radical (unpaired) electrons. The van der Waals surface area contributed by atoms with Gasteiger partial charge < -0.3 is 19.4 Å². The Hall–Kier alpha value is -2.95. The van der Waals surface area contributed by atoms with E-state index in [1.54, 1.807) is 12.1 Å². The molecule has 0 aliphatic heterocycles. The largest absolute Gasteiger partial charge is 0.508 e. The maximum atomic E-state index is 12.2. The molecule has 5 heteroatoms. The van der Waals surface area contributed by atoms with E-state index in [4.69, 9.17) is 9.15 Å². The third-order valence-corrected chi connectivity index (χ3v) is 3.15. The van der Waals surface area contributed by atoms with Crippen LogP contribution in [0.25, 0.3) is 22.3 Å². The number of methoxy groups -OCH3 is 1. The molecule has 0 bridgehead atoms. The topological polar surface area (TPSA) is 79.9 Å². The lowest BCUT2D eigenvalue weighted by atomic mass is 10.1. The standard InChI is InChI=1S/C16H12O5/c1-20-11-6-12(18)16-13(19)8-14(21-15(16)7-11)9-3-2-4-10(17)5-9/h2-8,17-18H,1H3. The van der Waals surface area contributed by atoms with Crippen LogP contribution in [0, 0.1) is 0 Å². The minimum Gasteiger partial charge on any atom is -0.508 e. The van der Waals surface area contributed by atoms with Gasteiger partial charge in [0, 0.05) is 23.8 Å². The summed E-state index contributed by atoms with van der Waals surface area (Å²) in [5, 5.41) is 19.5. The third kappa shape index (κ3) is 2.29. The molecule has 1 heterocycles. The molecule has 0 unspecified atom stereocenters. The third-order valence-electron chi connectivity index (χ3n) is 3.15. The highest BCUT2D eigenvalue weighted by molar-refractivity contribution is 5.86. The number of benzene rings is 2. The van der Waals surface area contributed by atoms with Gasteiger partial charge in [-0.1, -0.05) is 12.1 Å². The van der Waals surface area contributed by atoms with Gasteiger partial charge in [-0.3, -0.25) is 4.79 Å². The summed E-state index contributed by atoms with van der Waals surface area (Å²) in [5.74, 6) is 0.566. The van der Waals surface area contributed by atoms with Gasteiger partial charge >= 0.3 is 0 Å². The van der Waals surface area contributed by atoms with Gasteiger partial charge in [-0.15, -0.1) is 0 Å². The molecule has 2 aromatic carbocycles. The molecule has 3 aromatic rings. The number of ether oxygens (including phenoxy) is 1. The molecule has 21 heavy (non-hydrogen) atoms. The number of hydrogen-bond donors (Lipinski definition) is 2. The van der Waals surface area contributed by atoms with Crippen molar-refractivity contribution in [1.29, 1.82) is 0 Å². The van der Waals surface area contributed by atoms with Crippen molar-refractivity contribution in [3.63, 3.8) is 0 Å². The van der Waals surface area contributed by atoms with E-state index < -0.39 is 0 Å². The fraction of sp³-hybridized carbons (Fsp3) is 0.0625. The highest BCUT2D eigenvalue weighted by atomic mass is 16.5. The van der Waals surface area contributed by atoms with Crippen LogP contribution in [-0.2, 0) is 0 Å². The van der Waals surface area contributed by atoms with Crippen LogP contribution in [0.4, 0.5) is 0 Å². The first kappa shape index (κ1) is 13.1. The van der Waals surface area contributed by atoms with E-state index in [0.29, 0.717) is 17.1 Å². The average Bonchev–Trinajstić information content (AvgIpc) is 2.46. The zero-order valence-corrected chi connectivity index (χ0v) is 11.2. The quantitative estimate of drug-likeness (QED) is 0.756. The van der Waals surface area contributed by atoms with Crippen LogP contribution in [0.15, 0.2) is 51.7 Å². The van der Waals surface area contributed by atoms with E-state index in [1.807, 2.05) is 0 Å². The van der Waals surface area contributed by atoms with E-state index in [2.05, 4.69) is 0 Å². The number of hydrogen-bond acceptors (Lipinski definition) is 5. The molecule has 0 saturated heterocycles. The maximum absolute atomic E-state index is 12.2. The number of aromatic hydroxyl groups is 2. The van der Waals surface area contributed by atoms with E-state index in [-0.39, 0.29) is 27.9 Å². The van der Waals surface area contributed by atoms with Crippen LogP contribution in [0.1, 0.15) is 0 Å². The lowest BCUT2D eigenvalue weighted by molar-refractivity contribution is 0.408. The van der Waals surface area contributed by atoms with E-state index in [9.17, 15) is 15.0 Å². The predicted octanol–water partition coefficient (Wildman–Crippen LogP) is 2.88. The molecule has 0 spiro atoms. The minimum atomic E-state index is -0.366. The van der Waals surface area contributed by atoms with Crippen molar-refractivity contribution in [2.24, 2.45) is 0 Å². The smallest absolute Gasteiger partial charge is 0.197 e. The van der Waals surface area contributed by atoms with Crippen molar-refractivity contribution in [1.82, 2.24) is 0 Å². The van der Waals surface area contributed by atoms with Crippen LogP contribution in [0.5, 0.6) is 17.2 Å². The van der Waals surface area contributed by atoms with Crippen molar-refractivity contribution in [3.05, 3.63) is 52.7 Å². The SMILES string of the molecule is COc1cc(O)c2c(=O)cc(-c3cccc(O)c3)oc2c1. The first-order valence-electron chi connectivity index (χ1n) is 6.23. The van der Waals surface area contributed by atoms with Crippen molar-refractivity contribution in [3.8, 4) is 28.6 Å². The van der Waals surface area contributed by atoms with Gasteiger partial charge in [0.05, 0.1) is 7.11 Å². The fourth-order valence-corrected chi connectivity index (χ4v) is 2.16. The van der Waals surface area contributed by atoms with Crippen LogP contribution in [-0.4, -0.2) is 17.3 Å². The molecule has 3 rings (SSSR count). The van der Waals surface area contributed by atoms with Crippen molar-refractivity contribution < 1.29 is 19.4 Å². The molecule has 0 fully saturated rings. The molecule has 5 nitrogen and oxygen atoms in total. The van der Waals surface area contributed by atoms with Gasteiger partial charge in [-0.05, 0) is 12.1 Å². The van der Waals surface area contributed by atoms with Gasteiger partial charge in [0.15, 0.2) is 5.43 Å². The summed E-state index contributed by atoms with van der Waals surface area (Å²) in [6.07, 6.45) is 0. The lowest BCUT2D eigenvalue weighted by Crippen LogP contribution is -2.01. The Morgan fingerprint density at radius 1 is 1.10 bits per heavy atom. The predicted molar refractivity (Wildman–Crippen MR) is 77.8 cm³/mol. The monoisotopic (exact) mass is 284 g/mol. The summed E-state index contributed by atoms with van der Waals surface area (Å²) in [4.78, 5) is 12.2. The lowest BCUT2D eigenvalue weighted by Gasteiger charge is -2.07. The first-order chi connectivity index (χ1) is 10.1. The summed E-state index contributed by atoms with van der Waals surface area (Å²) < 4.78 is 10.7. The Morgan fingerprint density at radius 3 is 2.62 bits per heavy atom. The average molecular weight is 284 g/mol. The maximum Gasteiger partial charge on any atom is 0.197 e. The highest BCUT2D eigenvalue weighted by Crippen LogP contribution is 2.31. The summed E-state index contributed by atoms with van der Waals surface area (Å²) in [6.45, 7) is 0.